The minimum atomic E-state index is -1.06. The molecule has 0 saturated carbocycles. The number of aliphatic carboxylic acids is 1. The van der Waals surface area contributed by atoms with Crippen LogP contribution in [0.4, 0.5) is 0 Å². The lowest BCUT2D eigenvalue weighted by atomic mass is 9.65. The van der Waals surface area contributed by atoms with Crippen molar-refractivity contribution in [2.24, 2.45) is 58.2 Å². The van der Waals surface area contributed by atoms with Crippen LogP contribution >= 0.6 is 0 Å². The van der Waals surface area contributed by atoms with Crippen LogP contribution in [0.25, 0.3) is 0 Å². The van der Waals surface area contributed by atoms with Gasteiger partial charge in [0.05, 0.1) is 41.3 Å². The number of hydrogen-bond donors (Lipinski definition) is 4. The summed E-state index contributed by atoms with van der Waals surface area (Å²) < 4.78 is 18.3. The van der Waals surface area contributed by atoms with Crippen molar-refractivity contribution in [1.82, 2.24) is 0 Å². The maximum atomic E-state index is 13.1. The van der Waals surface area contributed by atoms with Gasteiger partial charge in [-0.3, -0.25) is 14.4 Å². The van der Waals surface area contributed by atoms with Gasteiger partial charge in [0.15, 0.2) is 0 Å². The Morgan fingerprint density at radius 1 is 0.787 bits per heavy atom. The first-order valence-corrected chi connectivity index (χ1v) is 23.4. The van der Waals surface area contributed by atoms with Crippen LogP contribution in [0.3, 0.4) is 0 Å². The van der Waals surface area contributed by atoms with Crippen LogP contribution in [0.5, 0.6) is 0 Å². The van der Waals surface area contributed by atoms with Crippen LogP contribution < -0.4 is 0 Å². The Balaban J connectivity index is 0.000000294. The number of carbonyl (C=O) groups is 3. The predicted octanol–water partition coefficient (Wildman–Crippen LogP) is 9.68. The molecule has 4 N–H and O–H groups in total. The summed E-state index contributed by atoms with van der Waals surface area (Å²) in [6.45, 7) is 24.6. The van der Waals surface area contributed by atoms with E-state index in [0.29, 0.717) is 54.6 Å². The van der Waals surface area contributed by atoms with E-state index in [4.69, 9.17) is 19.3 Å². The van der Waals surface area contributed by atoms with Gasteiger partial charge in [0.25, 0.3) is 0 Å². The van der Waals surface area contributed by atoms with Crippen molar-refractivity contribution < 1.29 is 49.0 Å². The summed E-state index contributed by atoms with van der Waals surface area (Å²) in [5.74, 6) is 1.76. The van der Waals surface area contributed by atoms with E-state index < -0.39 is 29.0 Å². The van der Waals surface area contributed by atoms with Crippen LogP contribution in [0.1, 0.15) is 146 Å². The largest absolute Gasteiger partial charge is 0.495 e. The number of fused-ring (bicyclic) bond motifs is 2. The molecule has 2 unspecified atom stereocenters. The Bertz CT molecular complexity index is 1640. The smallest absolute Gasteiger partial charge is 0.311 e. The third-order valence-electron chi connectivity index (χ3n) is 14.5. The highest BCUT2D eigenvalue weighted by molar-refractivity contribution is 5.76. The van der Waals surface area contributed by atoms with E-state index in [1.165, 1.54) is 11.1 Å². The molecular formula is C51H80O10. The molecule has 0 amide bonds. The second kappa shape index (κ2) is 21.9. The lowest BCUT2D eigenvalue weighted by Crippen LogP contribution is -2.43. The molecule has 10 heteroatoms. The molecule has 0 aromatic rings. The molecule has 0 aromatic carbocycles. The topological polar surface area (TPSA) is 160 Å². The highest BCUT2D eigenvalue weighted by Gasteiger charge is 2.44. The average Bonchev–Trinajstić information content (AvgIpc) is 3.16. The number of allylic oxidation sites excluding steroid dienone is 6. The lowest BCUT2D eigenvalue weighted by Gasteiger charge is -2.44. The molecular weight excluding hydrogens is 773 g/mol. The number of aliphatic hydroxyl groups is 3. The Labute approximate surface area is 367 Å². The minimum Gasteiger partial charge on any atom is -0.495 e. The third-order valence-corrected chi connectivity index (χ3v) is 14.5. The number of ether oxygens (including phenoxy) is 3. The highest BCUT2D eigenvalue weighted by atomic mass is 16.6. The molecule has 5 rings (SSSR count). The fourth-order valence-corrected chi connectivity index (χ4v) is 9.96. The first-order chi connectivity index (χ1) is 28.5. The van der Waals surface area contributed by atoms with Crippen LogP contribution in [0.15, 0.2) is 59.9 Å². The number of aliphatic hydroxyl groups excluding tert-OH is 3. The Morgan fingerprint density at radius 3 is 1.90 bits per heavy atom. The molecule has 1 heterocycles. The van der Waals surface area contributed by atoms with Crippen LogP contribution in [-0.4, -0.2) is 75.0 Å². The van der Waals surface area contributed by atoms with Crippen molar-refractivity contribution in [3.8, 4) is 0 Å². The zero-order chi connectivity index (χ0) is 45.4. The molecule has 1 saturated heterocycles. The Kier molecular flexibility index (Phi) is 18.1. The van der Waals surface area contributed by atoms with Crippen molar-refractivity contribution in [1.29, 1.82) is 0 Å². The van der Waals surface area contributed by atoms with E-state index in [9.17, 15) is 29.7 Å². The molecule has 5 aliphatic rings. The normalized spacial score (nSPS) is 33.3. The van der Waals surface area contributed by atoms with E-state index in [0.717, 1.165) is 44.9 Å². The van der Waals surface area contributed by atoms with E-state index in [-0.39, 0.29) is 66.9 Å². The summed E-state index contributed by atoms with van der Waals surface area (Å²) in [6, 6.07) is 0. The summed E-state index contributed by atoms with van der Waals surface area (Å²) in [7, 11) is 0. The fourth-order valence-electron chi connectivity index (χ4n) is 9.96. The monoisotopic (exact) mass is 853 g/mol. The van der Waals surface area contributed by atoms with Crippen molar-refractivity contribution in [3.63, 3.8) is 0 Å². The molecule has 61 heavy (non-hydrogen) atoms. The van der Waals surface area contributed by atoms with Gasteiger partial charge in [-0.25, -0.2) is 0 Å². The quantitative estimate of drug-likeness (QED) is 0.110. The van der Waals surface area contributed by atoms with Gasteiger partial charge < -0.3 is 34.6 Å². The van der Waals surface area contributed by atoms with E-state index in [1.54, 1.807) is 0 Å². The second-order valence-corrected chi connectivity index (χ2v) is 20.6. The molecule has 1 aliphatic heterocycles. The van der Waals surface area contributed by atoms with Crippen LogP contribution in [0.2, 0.25) is 0 Å². The third kappa shape index (κ3) is 13.9. The van der Waals surface area contributed by atoms with Crippen molar-refractivity contribution >= 4 is 17.9 Å². The number of carbonyl (C=O) groups excluding carboxylic acids is 2. The predicted molar refractivity (Wildman–Crippen MR) is 239 cm³/mol. The van der Waals surface area contributed by atoms with Crippen molar-refractivity contribution in [2.75, 3.05) is 0 Å². The van der Waals surface area contributed by atoms with Gasteiger partial charge in [0, 0.05) is 24.7 Å². The van der Waals surface area contributed by atoms with E-state index in [2.05, 4.69) is 70.7 Å². The fraction of sp³-hybridized carbons (Fsp3) is 0.745. The zero-order valence-electron chi connectivity index (χ0n) is 39.0. The summed E-state index contributed by atoms with van der Waals surface area (Å²) in [6.07, 6.45) is 18.2. The van der Waals surface area contributed by atoms with E-state index >= 15 is 0 Å². The second-order valence-electron chi connectivity index (χ2n) is 20.6. The van der Waals surface area contributed by atoms with Gasteiger partial charge in [0.2, 0.25) is 0 Å². The molecule has 0 spiro atoms. The summed E-state index contributed by atoms with van der Waals surface area (Å²) in [5, 5.41) is 38.9. The van der Waals surface area contributed by atoms with E-state index in [1.807, 2.05) is 41.5 Å². The van der Waals surface area contributed by atoms with Crippen LogP contribution in [-0.2, 0) is 28.6 Å². The number of carboxylic acid groups (broad SMARTS) is 1. The number of carboxylic acids is 1. The van der Waals surface area contributed by atoms with Gasteiger partial charge in [-0.05, 0) is 132 Å². The Hall–Kier alpha value is -3.21. The van der Waals surface area contributed by atoms with Crippen LogP contribution in [0, 0.1) is 58.2 Å². The SMILES string of the molecule is C=C1C[C@@H](OC(=O)C(C)(C)CC)C[C@@H](CC[C@@H]2C3C(=C[C@H](C)C[C@@H]3OC(=O)C(C)(C)CC)C=C[C@@H]2C)O1.C[C@H]1C=C2C=C[C@H](C)[C@H](CC[C@@H](O)C[C@@H](O)CC(=O)O)C2[C@@H](O)C1. The summed E-state index contributed by atoms with van der Waals surface area (Å²) >= 11 is 0. The maximum absolute atomic E-state index is 13.1. The summed E-state index contributed by atoms with van der Waals surface area (Å²) in [4.78, 5) is 36.3. The molecule has 10 nitrogen and oxygen atoms in total. The highest BCUT2D eigenvalue weighted by Crippen LogP contribution is 2.47. The molecule has 14 atom stereocenters. The van der Waals surface area contributed by atoms with Gasteiger partial charge in [-0.15, -0.1) is 0 Å². The van der Waals surface area contributed by atoms with Gasteiger partial charge in [0.1, 0.15) is 18.3 Å². The summed E-state index contributed by atoms with van der Waals surface area (Å²) in [5.41, 5.74) is 1.53. The molecule has 344 valence electrons. The molecule has 0 aromatic heterocycles. The first kappa shape index (κ1) is 50.4. The van der Waals surface area contributed by atoms with Gasteiger partial charge in [-0.1, -0.05) is 84.6 Å². The molecule has 4 aliphatic carbocycles. The number of hydrogen-bond acceptors (Lipinski definition) is 9. The number of rotatable bonds is 16. The molecule has 1 fully saturated rings. The maximum Gasteiger partial charge on any atom is 0.311 e. The van der Waals surface area contributed by atoms with Gasteiger partial charge in [-0.2, -0.15) is 0 Å². The average molecular weight is 853 g/mol. The molecule has 0 bridgehead atoms. The standard InChI is InChI=1S/C32H50O5.C19H30O5/c1-10-31(6,7)29(33)36-25-18-22(5)35-24(19-25)14-15-26-21(4)12-13-23-16-20(3)17-27(28(23)26)37-30(34)32(8,9)11-2;1-11-7-13-4-3-12(2)16(19(13)17(22)8-11)6-5-14(20)9-15(21)10-18(23)24/h12-13,16,20-21,24-28H,5,10-11,14-15,17-19H2,1-4,6-9H3;3-4,7,11-12,14-17,19-22H,5-6,8-10H2,1-2H3,(H,23,24)/t20-,21-,24+,25+,26-,27-,28?;11-,12-,14+,15+,16-,17-,19?/m00/s1. The number of esters is 2. The van der Waals surface area contributed by atoms with Crippen molar-refractivity contribution in [3.05, 3.63) is 59.9 Å². The first-order valence-electron chi connectivity index (χ1n) is 23.4. The molecule has 0 radical (unpaired) electrons. The van der Waals surface area contributed by atoms with Gasteiger partial charge >= 0.3 is 17.9 Å². The van der Waals surface area contributed by atoms with Crippen molar-refractivity contribution in [2.45, 2.75) is 183 Å². The Morgan fingerprint density at radius 2 is 1.33 bits per heavy atom. The lowest BCUT2D eigenvalue weighted by molar-refractivity contribution is -0.166. The zero-order valence-corrected chi connectivity index (χ0v) is 39.0. The minimum absolute atomic E-state index is 0.0307.